The largest absolute Gasteiger partial charge is 0.370 e. The van der Waals surface area contributed by atoms with Gasteiger partial charge in [-0.3, -0.25) is 4.79 Å². The van der Waals surface area contributed by atoms with Gasteiger partial charge in [0, 0.05) is 4.90 Å². The Bertz CT molecular complexity index is 702. The fraction of sp³-hybridized carbons (Fsp3) is 0.381. The van der Waals surface area contributed by atoms with Gasteiger partial charge in [0.05, 0.1) is 19.0 Å². The van der Waals surface area contributed by atoms with Gasteiger partial charge < -0.3 is 15.0 Å². The van der Waals surface area contributed by atoms with E-state index in [1.165, 1.54) is 16.0 Å². The number of carbonyl (C=O) groups is 1. The zero-order valence-electron chi connectivity index (χ0n) is 15.2. The van der Waals surface area contributed by atoms with Crippen molar-refractivity contribution in [2.24, 2.45) is 0 Å². The second-order valence-corrected chi connectivity index (χ2v) is 7.67. The average molecular weight is 372 g/mol. The van der Waals surface area contributed by atoms with Crippen molar-refractivity contribution in [2.75, 3.05) is 38.6 Å². The third-order valence-electron chi connectivity index (χ3n) is 4.68. The maximum Gasteiger partial charge on any atom is 0.231 e. The molecule has 1 fully saturated rings. The number of ether oxygens (including phenoxy) is 1. The highest BCUT2D eigenvalue weighted by Crippen LogP contribution is 2.21. The van der Waals surface area contributed by atoms with E-state index in [1.807, 2.05) is 30.3 Å². The zero-order chi connectivity index (χ0) is 18.2. The van der Waals surface area contributed by atoms with Crippen LogP contribution in [0.1, 0.15) is 17.2 Å². The van der Waals surface area contributed by atoms with Crippen molar-refractivity contribution in [1.29, 1.82) is 0 Å². The third-order valence-corrected chi connectivity index (χ3v) is 5.86. The quantitative estimate of drug-likeness (QED) is 0.730. The second-order valence-electron chi connectivity index (χ2n) is 6.65. The first-order valence-electron chi connectivity index (χ1n) is 9.16. The summed E-state index contributed by atoms with van der Waals surface area (Å²) in [4.78, 5) is 15.2. The molecule has 1 atom stereocenters. The number of aryl methyl sites for hydroxylation is 1. The molecule has 1 saturated heterocycles. The molecule has 0 bridgehead atoms. The first kappa shape index (κ1) is 19.0. The number of morpholine rings is 1. The minimum atomic E-state index is 0.0364. The molecule has 0 aromatic heterocycles. The summed E-state index contributed by atoms with van der Waals surface area (Å²) in [6, 6.07) is 18.5. The summed E-state index contributed by atoms with van der Waals surface area (Å²) >= 11 is 1.60. The molecular formula is C21H27N2O2S+. The highest BCUT2D eigenvalue weighted by molar-refractivity contribution is 8.00. The van der Waals surface area contributed by atoms with Crippen molar-refractivity contribution in [3.8, 4) is 0 Å². The maximum absolute atomic E-state index is 12.6. The highest BCUT2D eigenvalue weighted by atomic mass is 32.2. The van der Waals surface area contributed by atoms with Crippen molar-refractivity contribution in [3.05, 3.63) is 65.7 Å². The third kappa shape index (κ3) is 5.59. The van der Waals surface area contributed by atoms with E-state index in [1.54, 1.807) is 11.8 Å². The van der Waals surface area contributed by atoms with Gasteiger partial charge in [-0.05, 0) is 24.1 Å². The zero-order valence-corrected chi connectivity index (χ0v) is 16.1. The van der Waals surface area contributed by atoms with Gasteiger partial charge in [0.2, 0.25) is 5.91 Å². The van der Waals surface area contributed by atoms with E-state index in [0.717, 1.165) is 37.7 Å². The number of nitrogens with one attached hydrogen (secondary N) is 2. The molecule has 1 aliphatic rings. The van der Waals surface area contributed by atoms with Crippen LogP contribution < -0.4 is 10.2 Å². The smallest absolute Gasteiger partial charge is 0.231 e. The molecule has 0 saturated carbocycles. The summed E-state index contributed by atoms with van der Waals surface area (Å²) in [7, 11) is 0. The number of amides is 1. The highest BCUT2D eigenvalue weighted by Gasteiger charge is 2.22. The molecule has 5 heteroatoms. The van der Waals surface area contributed by atoms with Crippen LogP contribution in [0.25, 0.3) is 0 Å². The van der Waals surface area contributed by atoms with E-state index in [0.29, 0.717) is 5.75 Å². The predicted octanol–water partition coefficient (Wildman–Crippen LogP) is 1.86. The molecule has 0 aliphatic carbocycles. The van der Waals surface area contributed by atoms with Crippen LogP contribution in [0.15, 0.2) is 59.5 Å². The fourth-order valence-corrected chi connectivity index (χ4v) is 4.03. The molecule has 138 valence electrons. The Morgan fingerprint density at radius 3 is 2.54 bits per heavy atom. The Kier molecular flexibility index (Phi) is 7.12. The normalized spacial score (nSPS) is 16.2. The topological polar surface area (TPSA) is 42.8 Å². The van der Waals surface area contributed by atoms with Gasteiger partial charge in [-0.1, -0.05) is 48.5 Å². The molecule has 1 heterocycles. The van der Waals surface area contributed by atoms with Crippen LogP contribution in [0.5, 0.6) is 0 Å². The monoisotopic (exact) mass is 371 g/mol. The van der Waals surface area contributed by atoms with Crippen molar-refractivity contribution in [2.45, 2.75) is 17.9 Å². The SMILES string of the molecule is Cc1ccccc1SCC(=O)N[C@@H](C[NH+]1CCOCC1)c1ccccc1. The lowest BCUT2D eigenvalue weighted by atomic mass is 10.1. The molecule has 0 radical (unpaired) electrons. The van der Waals surface area contributed by atoms with E-state index in [4.69, 9.17) is 4.74 Å². The van der Waals surface area contributed by atoms with Crippen LogP contribution in [0, 0.1) is 6.92 Å². The van der Waals surface area contributed by atoms with Gasteiger partial charge >= 0.3 is 0 Å². The lowest BCUT2D eigenvalue weighted by molar-refractivity contribution is -0.909. The Balaban J connectivity index is 1.61. The van der Waals surface area contributed by atoms with Crippen molar-refractivity contribution >= 4 is 17.7 Å². The first-order valence-corrected chi connectivity index (χ1v) is 10.1. The van der Waals surface area contributed by atoms with Crippen molar-refractivity contribution < 1.29 is 14.4 Å². The Morgan fingerprint density at radius 2 is 1.81 bits per heavy atom. The second kappa shape index (κ2) is 9.76. The van der Waals surface area contributed by atoms with Crippen LogP contribution in [-0.4, -0.2) is 44.5 Å². The molecular weight excluding hydrogens is 344 g/mol. The summed E-state index contributed by atoms with van der Waals surface area (Å²) in [5, 5.41) is 3.25. The lowest BCUT2D eigenvalue weighted by Gasteiger charge is -2.28. The minimum Gasteiger partial charge on any atom is -0.370 e. The van der Waals surface area contributed by atoms with E-state index in [-0.39, 0.29) is 11.9 Å². The van der Waals surface area contributed by atoms with Crippen LogP contribution in [-0.2, 0) is 9.53 Å². The number of quaternary nitrogens is 1. The molecule has 4 nitrogen and oxygen atoms in total. The van der Waals surface area contributed by atoms with Gasteiger partial charge in [0.25, 0.3) is 0 Å². The standard InChI is InChI=1S/C21H26N2O2S/c1-17-7-5-6-10-20(17)26-16-21(24)22-19(18-8-3-2-4-9-18)15-23-11-13-25-14-12-23/h2-10,19H,11-16H2,1H3,(H,22,24)/p+1/t19-/m0/s1. The van der Waals surface area contributed by atoms with E-state index < -0.39 is 0 Å². The number of thioether (sulfide) groups is 1. The Morgan fingerprint density at radius 1 is 1.12 bits per heavy atom. The number of benzene rings is 2. The average Bonchev–Trinajstić information content (AvgIpc) is 2.68. The Labute approximate surface area is 159 Å². The molecule has 0 spiro atoms. The molecule has 2 N–H and O–H groups in total. The predicted molar refractivity (Wildman–Crippen MR) is 106 cm³/mol. The fourth-order valence-electron chi connectivity index (χ4n) is 3.19. The summed E-state index contributed by atoms with van der Waals surface area (Å²) in [6.07, 6.45) is 0. The minimum absolute atomic E-state index is 0.0364. The van der Waals surface area contributed by atoms with Gasteiger partial charge in [-0.2, -0.15) is 0 Å². The van der Waals surface area contributed by atoms with Crippen LogP contribution in [0.3, 0.4) is 0 Å². The van der Waals surface area contributed by atoms with Gasteiger partial charge in [0.15, 0.2) is 0 Å². The van der Waals surface area contributed by atoms with Gasteiger partial charge in [-0.15, -0.1) is 11.8 Å². The van der Waals surface area contributed by atoms with Crippen molar-refractivity contribution in [3.63, 3.8) is 0 Å². The summed E-state index contributed by atoms with van der Waals surface area (Å²) in [5.74, 6) is 0.520. The van der Waals surface area contributed by atoms with Gasteiger partial charge in [0.1, 0.15) is 25.7 Å². The molecule has 3 rings (SSSR count). The van der Waals surface area contributed by atoms with Crippen LogP contribution >= 0.6 is 11.8 Å². The van der Waals surface area contributed by atoms with Crippen LogP contribution in [0.4, 0.5) is 0 Å². The lowest BCUT2D eigenvalue weighted by Crippen LogP contribution is -3.14. The number of carbonyl (C=O) groups excluding carboxylic acids is 1. The number of rotatable bonds is 7. The Hall–Kier alpha value is -1.82. The molecule has 1 aliphatic heterocycles. The number of hydrogen-bond donors (Lipinski definition) is 2. The summed E-state index contributed by atoms with van der Waals surface area (Å²) in [6.45, 7) is 6.57. The molecule has 0 unspecified atom stereocenters. The molecule has 1 amide bonds. The summed E-state index contributed by atoms with van der Waals surface area (Å²) < 4.78 is 5.46. The summed E-state index contributed by atoms with van der Waals surface area (Å²) in [5.41, 5.74) is 2.38. The molecule has 2 aromatic rings. The van der Waals surface area contributed by atoms with E-state index >= 15 is 0 Å². The van der Waals surface area contributed by atoms with Gasteiger partial charge in [-0.25, -0.2) is 0 Å². The maximum atomic E-state index is 12.6. The van der Waals surface area contributed by atoms with E-state index in [9.17, 15) is 4.79 Å². The van der Waals surface area contributed by atoms with Crippen LogP contribution in [0.2, 0.25) is 0 Å². The first-order chi connectivity index (χ1) is 12.7. The molecule has 26 heavy (non-hydrogen) atoms. The molecule has 2 aromatic carbocycles. The van der Waals surface area contributed by atoms with Crippen molar-refractivity contribution in [1.82, 2.24) is 5.32 Å². The van der Waals surface area contributed by atoms with E-state index in [2.05, 4.69) is 36.5 Å². The number of hydrogen-bond acceptors (Lipinski definition) is 3.